The van der Waals surface area contributed by atoms with Crippen molar-refractivity contribution in [3.05, 3.63) is 82.9 Å². The number of benzene rings is 3. The first-order valence-corrected chi connectivity index (χ1v) is 26.9. The first-order valence-electron chi connectivity index (χ1n) is 23.9. The fraction of sp³-hybridized carbons (Fsp3) is 0.640. The van der Waals surface area contributed by atoms with Gasteiger partial charge in [-0.15, -0.1) is 0 Å². The lowest BCUT2D eigenvalue weighted by Crippen LogP contribution is -2.05. The number of phosphoric ester groups is 2. The van der Waals surface area contributed by atoms with Crippen molar-refractivity contribution in [2.24, 2.45) is 0 Å². The highest BCUT2D eigenvalue weighted by molar-refractivity contribution is 7.48. The Bertz CT molecular complexity index is 1580. The molecule has 0 bridgehead atoms. The topological polar surface area (TPSA) is 112 Å². The molecule has 0 aliphatic heterocycles. The minimum atomic E-state index is -4.68. The minimum Gasteiger partial charge on any atom is -0.395 e. The van der Waals surface area contributed by atoms with E-state index in [0.717, 1.165) is 99.3 Å². The van der Waals surface area contributed by atoms with Gasteiger partial charge in [-0.05, 0) is 97.9 Å². The van der Waals surface area contributed by atoms with Crippen LogP contribution >= 0.6 is 15.6 Å². The molecule has 8 nitrogen and oxygen atoms in total. The van der Waals surface area contributed by atoms with Crippen LogP contribution in [0.5, 0.6) is 23.0 Å². The Morgan fingerprint density at radius 3 is 1.03 bits per heavy atom. The molecule has 0 aliphatic rings. The van der Waals surface area contributed by atoms with Crippen molar-refractivity contribution in [1.29, 1.82) is 0 Å². The van der Waals surface area contributed by atoms with E-state index in [9.17, 15) is 18.9 Å². The molecule has 2 N–H and O–H groups in total. The molecule has 3 rings (SSSR count). The van der Waals surface area contributed by atoms with Gasteiger partial charge in [0.1, 0.15) is 23.0 Å². The Labute approximate surface area is 364 Å². The molecule has 0 saturated carbocycles. The molecule has 0 amide bonds. The van der Waals surface area contributed by atoms with E-state index in [1.807, 2.05) is 12.1 Å². The summed E-state index contributed by atoms with van der Waals surface area (Å²) < 4.78 is 49.9. The van der Waals surface area contributed by atoms with Gasteiger partial charge in [0.25, 0.3) is 0 Å². The zero-order valence-electron chi connectivity index (χ0n) is 37.8. The van der Waals surface area contributed by atoms with Crippen LogP contribution in [0.2, 0.25) is 0 Å². The lowest BCUT2D eigenvalue weighted by atomic mass is 9.95. The number of phosphoric acid groups is 2. The summed E-state index contributed by atoms with van der Waals surface area (Å²) in [4.78, 5) is 22.1. The zero-order valence-corrected chi connectivity index (χ0v) is 39.6. The standard InChI is InChI=1S/C50H80O8P2/c1-5-9-13-17-21-25-32-43-34-29-40-49(47(43)38-27-23-19-15-11-7-3)57-59(51,52)55-45-36-31-37-46(42-45)56-60(53,54)58-50-41-30-35-44(33-26-22-18-14-10-6-2)48(50)39-28-24-20-16-12-8-4/h29-31,34-37,40-42H,5-28,32-33,38-39H2,1-4H3,(H,51,52)(H,53,54). The van der Waals surface area contributed by atoms with Crippen molar-refractivity contribution in [3.63, 3.8) is 0 Å². The maximum Gasteiger partial charge on any atom is 0.584 e. The van der Waals surface area contributed by atoms with Gasteiger partial charge in [0, 0.05) is 6.07 Å². The molecule has 60 heavy (non-hydrogen) atoms. The van der Waals surface area contributed by atoms with Crippen LogP contribution < -0.4 is 18.1 Å². The van der Waals surface area contributed by atoms with E-state index < -0.39 is 15.6 Å². The van der Waals surface area contributed by atoms with E-state index in [2.05, 4.69) is 39.8 Å². The van der Waals surface area contributed by atoms with E-state index in [0.29, 0.717) is 11.5 Å². The van der Waals surface area contributed by atoms with E-state index >= 15 is 0 Å². The van der Waals surface area contributed by atoms with Crippen molar-refractivity contribution < 1.29 is 37.0 Å². The summed E-state index contributed by atoms with van der Waals surface area (Å²) in [6, 6.07) is 17.3. The van der Waals surface area contributed by atoms with Crippen LogP contribution in [-0.2, 0) is 34.8 Å². The molecule has 0 fully saturated rings. The van der Waals surface area contributed by atoms with Gasteiger partial charge in [0.05, 0.1) is 0 Å². The lowest BCUT2D eigenvalue weighted by molar-refractivity contribution is 0.286. The van der Waals surface area contributed by atoms with E-state index in [1.165, 1.54) is 127 Å². The average molecular weight is 871 g/mol. The van der Waals surface area contributed by atoms with Crippen molar-refractivity contribution in [2.75, 3.05) is 0 Å². The Balaban J connectivity index is 1.72. The molecule has 3 aromatic carbocycles. The number of hydrogen-bond acceptors (Lipinski definition) is 6. The van der Waals surface area contributed by atoms with Gasteiger partial charge >= 0.3 is 15.6 Å². The van der Waals surface area contributed by atoms with Crippen LogP contribution in [0.4, 0.5) is 0 Å². The fourth-order valence-corrected chi connectivity index (χ4v) is 9.60. The lowest BCUT2D eigenvalue weighted by Gasteiger charge is -2.20. The summed E-state index contributed by atoms with van der Waals surface area (Å²) in [6.07, 6.45) is 31.3. The third-order valence-corrected chi connectivity index (χ3v) is 13.0. The molecule has 0 aliphatic carbocycles. The van der Waals surface area contributed by atoms with Crippen LogP contribution in [0.3, 0.4) is 0 Å². The summed E-state index contributed by atoms with van der Waals surface area (Å²) in [5.74, 6) is 0.635. The molecule has 0 aromatic heterocycles. The van der Waals surface area contributed by atoms with Gasteiger partial charge in [-0.3, -0.25) is 9.79 Å². The Morgan fingerprint density at radius 1 is 0.383 bits per heavy atom. The van der Waals surface area contributed by atoms with Crippen molar-refractivity contribution in [2.45, 2.75) is 207 Å². The molecular weight excluding hydrogens is 790 g/mol. The summed E-state index contributed by atoms with van der Waals surface area (Å²) in [6.45, 7) is 8.87. The molecule has 0 heterocycles. The average Bonchev–Trinajstić information content (AvgIpc) is 3.21. The highest BCUT2D eigenvalue weighted by atomic mass is 31.2. The molecule has 0 saturated heterocycles. The van der Waals surface area contributed by atoms with Gasteiger partial charge in [-0.2, -0.15) is 0 Å². The number of hydrogen-bond donors (Lipinski definition) is 2. The molecule has 0 radical (unpaired) electrons. The minimum absolute atomic E-state index is 0.0382. The molecule has 10 heteroatoms. The fourth-order valence-electron chi connectivity index (χ4n) is 7.93. The van der Waals surface area contributed by atoms with E-state index in [4.69, 9.17) is 18.1 Å². The molecule has 2 atom stereocenters. The van der Waals surface area contributed by atoms with E-state index in [-0.39, 0.29) is 11.5 Å². The Morgan fingerprint density at radius 2 is 0.683 bits per heavy atom. The maximum atomic E-state index is 13.6. The van der Waals surface area contributed by atoms with Crippen molar-refractivity contribution in [3.8, 4) is 23.0 Å². The van der Waals surface area contributed by atoms with Crippen LogP contribution in [0.15, 0.2) is 60.7 Å². The second-order valence-electron chi connectivity index (χ2n) is 16.6. The second-order valence-corrected chi connectivity index (χ2v) is 19.2. The number of rotatable bonds is 36. The van der Waals surface area contributed by atoms with Crippen LogP contribution in [-0.4, -0.2) is 9.79 Å². The molecule has 338 valence electrons. The Kier molecular flexibility index (Phi) is 26.1. The zero-order chi connectivity index (χ0) is 43.3. The molecule has 2 unspecified atom stereocenters. The predicted molar refractivity (Wildman–Crippen MR) is 250 cm³/mol. The Hall–Kier alpha value is -2.76. The number of aryl methyl sites for hydroxylation is 2. The van der Waals surface area contributed by atoms with Crippen LogP contribution in [0.25, 0.3) is 0 Å². The third-order valence-electron chi connectivity index (χ3n) is 11.3. The summed E-state index contributed by atoms with van der Waals surface area (Å²) >= 11 is 0. The highest BCUT2D eigenvalue weighted by Gasteiger charge is 2.30. The van der Waals surface area contributed by atoms with Gasteiger partial charge in [-0.25, -0.2) is 9.13 Å². The first kappa shape index (κ1) is 51.6. The monoisotopic (exact) mass is 871 g/mol. The number of unbranched alkanes of at least 4 members (excludes halogenated alkanes) is 20. The summed E-state index contributed by atoms with van der Waals surface area (Å²) in [5, 5.41) is 0. The van der Waals surface area contributed by atoms with Crippen molar-refractivity contribution in [1.82, 2.24) is 0 Å². The quantitative estimate of drug-likeness (QED) is 0.0439. The van der Waals surface area contributed by atoms with Crippen LogP contribution in [0.1, 0.15) is 204 Å². The van der Waals surface area contributed by atoms with Gasteiger partial charge in [0.15, 0.2) is 0 Å². The summed E-state index contributed by atoms with van der Waals surface area (Å²) in [5.41, 5.74) is 4.21. The van der Waals surface area contributed by atoms with Gasteiger partial charge in [0.2, 0.25) is 0 Å². The van der Waals surface area contributed by atoms with Gasteiger partial charge in [-0.1, -0.05) is 186 Å². The third kappa shape index (κ3) is 21.4. The highest BCUT2D eigenvalue weighted by Crippen LogP contribution is 2.49. The van der Waals surface area contributed by atoms with E-state index in [1.54, 1.807) is 12.1 Å². The molecule has 3 aromatic rings. The van der Waals surface area contributed by atoms with Crippen molar-refractivity contribution >= 4 is 15.6 Å². The van der Waals surface area contributed by atoms with Crippen LogP contribution in [0, 0.1) is 0 Å². The second kappa shape index (κ2) is 30.3. The summed E-state index contributed by atoms with van der Waals surface area (Å²) in [7, 11) is -9.35. The predicted octanol–water partition coefficient (Wildman–Crippen LogP) is 16.4. The molecular formula is C50H80O8P2. The smallest absolute Gasteiger partial charge is 0.395 e. The normalized spacial score (nSPS) is 13.4. The molecule has 0 spiro atoms. The van der Waals surface area contributed by atoms with Gasteiger partial charge < -0.3 is 18.1 Å². The SMILES string of the molecule is CCCCCCCCc1cccc(OP(=O)(O)Oc2cccc(OP(=O)(O)Oc3cccc(CCCCCCCC)c3CCCCCCCC)c2)c1CCCCCCCC. The largest absolute Gasteiger partial charge is 0.584 e. The maximum absolute atomic E-state index is 13.6. The first-order chi connectivity index (χ1) is 29.1.